The summed E-state index contributed by atoms with van der Waals surface area (Å²) in [4.78, 5) is 5.95. The van der Waals surface area contributed by atoms with Gasteiger partial charge in [-0.1, -0.05) is 19.1 Å². The second-order valence-electron chi connectivity index (χ2n) is 4.54. The first-order valence-corrected chi connectivity index (χ1v) is 7.06. The Morgan fingerprint density at radius 1 is 1.44 bits per heavy atom. The van der Waals surface area contributed by atoms with Crippen LogP contribution in [0.15, 0.2) is 24.3 Å². The van der Waals surface area contributed by atoms with Crippen LogP contribution < -0.4 is 10.5 Å². The molecule has 2 heterocycles. The van der Waals surface area contributed by atoms with Gasteiger partial charge in [-0.25, -0.2) is 4.98 Å². The number of para-hydroxylation sites is 1. The smallest absolute Gasteiger partial charge is 0.129 e. The molecule has 0 radical (unpaired) electrons. The van der Waals surface area contributed by atoms with Gasteiger partial charge in [0.2, 0.25) is 0 Å². The van der Waals surface area contributed by atoms with Gasteiger partial charge in [0.1, 0.15) is 12.4 Å². The first kappa shape index (κ1) is 11.7. The van der Waals surface area contributed by atoms with Gasteiger partial charge >= 0.3 is 0 Å². The van der Waals surface area contributed by atoms with Crippen LogP contribution in [0.5, 0.6) is 5.75 Å². The van der Waals surface area contributed by atoms with Gasteiger partial charge in [-0.3, -0.25) is 0 Å². The zero-order chi connectivity index (χ0) is 12.5. The molecule has 0 bridgehead atoms. The second kappa shape index (κ2) is 4.71. The molecule has 1 aliphatic heterocycles. The van der Waals surface area contributed by atoms with E-state index in [1.807, 2.05) is 18.2 Å². The molecule has 1 atom stereocenters. The summed E-state index contributed by atoms with van der Waals surface area (Å²) >= 11 is 1.73. The Hall–Kier alpha value is -1.39. The zero-order valence-electron chi connectivity index (χ0n) is 10.3. The molecule has 18 heavy (non-hydrogen) atoms. The number of thiazole rings is 1. The topological polar surface area (TPSA) is 48.1 Å². The minimum Gasteiger partial charge on any atom is -0.487 e. The van der Waals surface area contributed by atoms with E-state index >= 15 is 0 Å². The number of hydrogen-bond acceptors (Lipinski definition) is 4. The van der Waals surface area contributed by atoms with Crippen molar-refractivity contribution in [3.8, 4) is 17.0 Å². The molecule has 2 aromatic rings. The van der Waals surface area contributed by atoms with Crippen LogP contribution in [-0.2, 0) is 13.0 Å². The van der Waals surface area contributed by atoms with E-state index < -0.39 is 0 Å². The number of fused-ring (bicyclic) bond motifs is 3. The predicted octanol–water partition coefficient (Wildman–Crippen LogP) is 2.98. The third-order valence-corrected chi connectivity index (χ3v) is 4.25. The van der Waals surface area contributed by atoms with Crippen LogP contribution in [0, 0.1) is 0 Å². The van der Waals surface area contributed by atoms with Crippen LogP contribution in [0.2, 0.25) is 0 Å². The second-order valence-corrected chi connectivity index (χ2v) is 5.70. The number of hydrogen-bond donors (Lipinski definition) is 1. The summed E-state index contributed by atoms with van der Waals surface area (Å²) in [5.74, 6) is 0.932. The van der Waals surface area contributed by atoms with Crippen molar-refractivity contribution in [2.75, 3.05) is 0 Å². The molecule has 1 aromatic heterocycles. The van der Waals surface area contributed by atoms with Crippen LogP contribution in [0.3, 0.4) is 0 Å². The van der Waals surface area contributed by atoms with Gasteiger partial charge < -0.3 is 10.5 Å². The van der Waals surface area contributed by atoms with Crippen molar-refractivity contribution in [2.24, 2.45) is 5.73 Å². The van der Waals surface area contributed by atoms with Crippen LogP contribution in [0.1, 0.15) is 23.2 Å². The van der Waals surface area contributed by atoms with Crippen molar-refractivity contribution in [3.05, 3.63) is 34.2 Å². The molecule has 94 valence electrons. The van der Waals surface area contributed by atoms with Gasteiger partial charge in [-0.15, -0.1) is 11.3 Å². The van der Waals surface area contributed by atoms with E-state index in [0.29, 0.717) is 6.61 Å². The molecular weight excluding hydrogens is 244 g/mol. The normalized spacial score (nSPS) is 14.6. The van der Waals surface area contributed by atoms with E-state index in [-0.39, 0.29) is 6.04 Å². The van der Waals surface area contributed by atoms with E-state index in [4.69, 9.17) is 15.5 Å². The molecule has 0 amide bonds. The summed E-state index contributed by atoms with van der Waals surface area (Å²) in [6.07, 6.45) is 1.84. The first-order valence-electron chi connectivity index (χ1n) is 6.24. The maximum atomic E-state index is 5.99. The van der Waals surface area contributed by atoms with E-state index in [1.54, 1.807) is 11.3 Å². The number of nitrogens with zero attached hydrogens (tertiary/aromatic N) is 1. The van der Waals surface area contributed by atoms with Gasteiger partial charge in [0.25, 0.3) is 0 Å². The van der Waals surface area contributed by atoms with Crippen LogP contribution in [-0.4, -0.2) is 11.0 Å². The summed E-state index contributed by atoms with van der Waals surface area (Å²) in [5, 5.41) is 1.12. The highest BCUT2D eigenvalue weighted by molar-refractivity contribution is 7.12. The Morgan fingerprint density at radius 2 is 2.28 bits per heavy atom. The van der Waals surface area contributed by atoms with Crippen LogP contribution in [0.4, 0.5) is 0 Å². The molecule has 1 aromatic carbocycles. The van der Waals surface area contributed by atoms with E-state index in [1.165, 1.54) is 4.88 Å². The van der Waals surface area contributed by atoms with Crippen LogP contribution >= 0.6 is 11.3 Å². The number of ether oxygens (including phenoxy) is 1. The SMILES string of the molecule is CCC(N)Cc1nc2c(s1)COc1ccccc1-2. The summed E-state index contributed by atoms with van der Waals surface area (Å²) in [6, 6.07) is 8.28. The average molecular weight is 260 g/mol. The maximum absolute atomic E-state index is 5.99. The largest absolute Gasteiger partial charge is 0.487 e. The number of aromatic nitrogens is 1. The highest BCUT2D eigenvalue weighted by atomic mass is 32.1. The monoisotopic (exact) mass is 260 g/mol. The first-order chi connectivity index (χ1) is 8.78. The third-order valence-electron chi connectivity index (χ3n) is 3.20. The molecule has 0 saturated heterocycles. The molecule has 1 aliphatic rings. The van der Waals surface area contributed by atoms with E-state index in [2.05, 4.69) is 13.0 Å². The summed E-state index contributed by atoms with van der Waals surface area (Å²) in [6.45, 7) is 2.74. The fourth-order valence-electron chi connectivity index (χ4n) is 2.10. The highest BCUT2D eigenvalue weighted by Crippen LogP contribution is 2.39. The molecular formula is C14H16N2OS. The van der Waals surface area contributed by atoms with Crippen LogP contribution in [0.25, 0.3) is 11.3 Å². The lowest BCUT2D eigenvalue weighted by Crippen LogP contribution is -2.21. The van der Waals surface area contributed by atoms with Crippen molar-refractivity contribution >= 4 is 11.3 Å². The molecule has 3 nitrogen and oxygen atoms in total. The Balaban J connectivity index is 1.96. The molecule has 0 fully saturated rings. The average Bonchev–Trinajstić information content (AvgIpc) is 2.81. The van der Waals surface area contributed by atoms with Crippen molar-refractivity contribution in [1.29, 1.82) is 0 Å². The van der Waals surface area contributed by atoms with Gasteiger partial charge in [0.05, 0.1) is 15.6 Å². The Morgan fingerprint density at radius 3 is 3.11 bits per heavy atom. The van der Waals surface area contributed by atoms with Gasteiger partial charge in [0, 0.05) is 18.0 Å². The minimum atomic E-state index is 0.203. The molecule has 3 rings (SSSR count). The molecule has 4 heteroatoms. The Bertz CT molecular complexity index is 565. The number of benzene rings is 1. The van der Waals surface area contributed by atoms with Gasteiger partial charge in [-0.2, -0.15) is 0 Å². The number of nitrogens with two attached hydrogens (primary N) is 1. The lowest BCUT2D eigenvalue weighted by Gasteiger charge is -2.15. The maximum Gasteiger partial charge on any atom is 0.129 e. The Labute approximate surface area is 111 Å². The van der Waals surface area contributed by atoms with E-state index in [0.717, 1.165) is 34.9 Å². The molecule has 2 N–H and O–H groups in total. The highest BCUT2D eigenvalue weighted by Gasteiger charge is 2.21. The number of rotatable bonds is 3. The third kappa shape index (κ3) is 2.02. The fraction of sp³-hybridized carbons (Fsp3) is 0.357. The van der Waals surface area contributed by atoms with Crippen molar-refractivity contribution < 1.29 is 4.74 Å². The molecule has 1 unspecified atom stereocenters. The van der Waals surface area contributed by atoms with Crippen molar-refractivity contribution in [3.63, 3.8) is 0 Å². The fourth-order valence-corrected chi connectivity index (χ4v) is 3.18. The van der Waals surface area contributed by atoms with E-state index in [9.17, 15) is 0 Å². The Kier molecular flexibility index (Phi) is 3.06. The predicted molar refractivity (Wildman–Crippen MR) is 73.9 cm³/mol. The van der Waals surface area contributed by atoms with Gasteiger partial charge in [0.15, 0.2) is 0 Å². The quantitative estimate of drug-likeness (QED) is 0.923. The lowest BCUT2D eigenvalue weighted by atomic mass is 10.1. The van der Waals surface area contributed by atoms with Gasteiger partial charge in [-0.05, 0) is 18.6 Å². The molecule has 0 saturated carbocycles. The van der Waals surface area contributed by atoms with Crippen molar-refractivity contribution in [2.45, 2.75) is 32.4 Å². The summed E-state index contributed by atoms with van der Waals surface area (Å²) in [7, 11) is 0. The zero-order valence-corrected chi connectivity index (χ0v) is 11.2. The lowest BCUT2D eigenvalue weighted by molar-refractivity contribution is 0.305. The molecule has 0 aliphatic carbocycles. The molecule has 0 spiro atoms. The minimum absolute atomic E-state index is 0.203. The standard InChI is InChI=1S/C14H16N2OS/c1-2-9(15)7-13-16-14-10-5-3-4-6-11(10)17-8-12(14)18-13/h3-6,9H,2,7-8,15H2,1H3. The summed E-state index contributed by atoms with van der Waals surface area (Å²) < 4.78 is 5.73. The summed E-state index contributed by atoms with van der Waals surface area (Å²) in [5.41, 5.74) is 8.18. The van der Waals surface area contributed by atoms with Crippen molar-refractivity contribution in [1.82, 2.24) is 4.98 Å².